The molecule has 1 saturated heterocycles. The molecule has 1 aliphatic heterocycles. The maximum Gasteiger partial charge on any atom is 0.505 e. The van der Waals surface area contributed by atoms with Gasteiger partial charge in [0.25, 0.3) is 0 Å². The van der Waals surface area contributed by atoms with Gasteiger partial charge in [0.15, 0.2) is 0 Å². The van der Waals surface area contributed by atoms with Gasteiger partial charge in [-0.3, -0.25) is 0 Å². The fraction of sp³-hybridized carbons (Fsp3) is 0.600. The van der Waals surface area contributed by atoms with E-state index in [0.717, 1.165) is 9.25 Å². The lowest BCUT2D eigenvalue weighted by Gasteiger charge is -2.32. The monoisotopic (exact) mass is 288 g/mol. The van der Waals surface area contributed by atoms with E-state index in [9.17, 15) is 0 Å². The summed E-state index contributed by atoms with van der Waals surface area (Å²) in [5.41, 5.74) is -0.512. The highest BCUT2D eigenvalue weighted by molar-refractivity contribution is 9.10. The average Bonchev–Trinajstić information content (AvgIpc) is 2.56. The van der Waals surface area contributed by atoms with Crippen molar-refractivity contribution < 1.29 is 9.31 Å². The Labute approximate surface area is 103 Å². The van der Waals surface area contributed by atoms with E-state index >= 15 is 0 Å². The van der Waals surface area contributed by atoms with Crippen LogP contribution in [-0.2, 0) is 9.31 Å². The number of halogens is 1. The molecule has 0 saturated carbocycles. The molecule has 0 aliphatic carbocycles. The van der Waals surface area contributed by atoms with Crippen molar-refractivity contribution in [3.63, 3.8) is 0 Å². The van der Waals surface area contributed by atoms with Crippen LogP contribution < -0.4 is 4.78 Å². The topological polar surface area (TPSA) is 18.5 Å². The van der Waals surface area contributed by atoms with Crippen LogP contribution >= 0.6 is 27.3 Å². The van der Waals surface area contributed by atoms with E-state index in [4.69, 9.17) is 9.31 Å². The highest BCUT2D eigenvalue weighted by Crippen LogP contribution is 2.37. The van der Waals surface area contributed by atoms with Gasteiger partial charge in [-0.05, 0) is 49.7 Å². The molecular weight excluding hydrogens is 275 g/mol. The van der Waals surface area contributed by atoms with E-state index in [-0.39, 0.29) is 18.3 Å². The second-order valence-corrected chi connectivity index (χ2v) is 6.61. The highest BCUT2D eigenvalue weighted by Gasteiger charge is 2.52. The molecule has 0 N–H and O–H groups in total. The third-order valence-electron chi connectivity index (χ3n) is 3.07. The molecule has 0 bridgehead atoms. The van der Waals surface area contributed by atoms with Gasteiger partial charge in [-0.25, -0.2) is 0 Å². The average molecular weight is 289 g/mol. The Kier molecular flexibility index (Phi) is 2.78. The third kappa shape index (κ3) is 2.03. The number of hydrogen-bond donors (Lipinski definition) is 0. The summed E-state index contributed by atoms with van der Waals surface area (Å²) in [5, 5.41) is 2.04. The van der Waals surface area contributed by atoms with Crippen molar-refractivity contribution in [3.05, 3.63) is 15.9 Å². The first-order chi connectivity index (χ1) is 6.82. The molecular formula is C10H14BBrO2S. The number of thiophene rings is 1. The fourth-order valence-electron chi connectivity index (χ4n) is 1.41. The molecule has 2 nitrogen and oxygen atoms in total. The van der Waals surface area contributed by atoms with E-state index in [2.05, 4.69) is 43.6 Å². The van der Waals surface area contributed by atoms with Crippen LogP contribution in [0.1, 0.15) is 27.7 Å². The van der Waals surface area contributed by atoms with Crippen molar-refractivity contribution in [2.45, 2.75) is 38.9 Å². The minimum Gasteiger partial charge on any atom is -0.399 e. The Morgan fingerprint density at radius 3 is 2.13 bits per heavy atom. The second-order valence-electron chi connectivity index (χ2n) is 4.76. The highest BCUT2D eigenvalue weighted by atomic mass is 79.9. The van der Waals surface area contributed by atoms with E-state index < -0.39 is 0 Å². The van der Waals surface area contributed by atoms with Gasteiger partial charge >= 0.3 is 7.12 Å². The summed E-state index contributed by atoms with van der Waals surface area (Å²) in [7, 11) is -0.230. The van der Waals surface area contributed by atoms with Crippen molar-refractivity contribution in [2.24, 2.45) is 0 Å². The fourth-order valence-corrected chi connectivity index (χ4v) is 2.81. The summed E-state index contributed by atoms with van der Waals surface area (Å²) in [6, 6.07) is 2.05. The second kappa shape index (κ2) is 3.59. The molecule has 0 spiro atoms. The van der Waals surface area contributed by atoms with Crippen molar-refractivity contribution in [3.8, 4) is 0 Å². The maximum absolute atomic E-state index is 5.93. The Morgan fingerprint density at radius 2 is 1.73 bits per heavy atom. The maximum atomic E-state index is 5.93. The smallest absolute Gasteiger partial charge is 0.399 e. The molecule has 1 aromatic rings. The Morgan fingerprint density at radius 1 is 1.20 bits per heavy atom. The van der Waals surface area contributed by atoms with Crippen LogP contribution in [0, 0.1) is 0 Å². The van der Waals surface area contributed by atoms with Crippen LogP contribution in [-0.4, -0.2) is 18.3 Å². The van der Waals surface area contributed by atoms with E-state index in [1.165, 1.54) is 0 Å². The van der Waals surface area contributed by atoms with Gasteiger partial charge in [0.05, 0.1) is 11.2 Å². The van der Waals surface area contributed by atoms with E-state index in [1.807, 2.05) is 11.4 Å². The van der Waals surface area contributed by atoms with E-state index in [0.29, 0.717) is 0 Å². The summed E-state index contributed by atoms with van der Waals surface area (Å²) in [4.78, 5) is 0. The summed E-state index contributed by atoms with van der Waals surface area (Å²) in [5.74, 6) is 0. The first kappa shape index (κ1) is 11.6. The van der Waals surface area contributed by atoms with E-state index in [1.54, 1.807) is 11.3 Å². The van der Waals surface area contributed by atoms with Crippen LogP contribution in [0.3, 0.4) is 0 Å². The van der Waals surface area contributed by atoms with Crippen LogP contribution in [0.15, 0.2) is 15.9 Å². The predicted molar refractivity (Wildman–Crippen MR) is 67.7 cm³/mol. The SMILES string of the molecule is CC1(C)OB(c2cc(Br)cs2)OC1(C)C. The van der Waals surface area contributed by atoms with Crippen molar-refractivity contribution in [1.82, 2.24) is 0 Å². The van der Waals surface area contributed by atoms with Crippen LogP contribution in [0.25, 0.3) is 0 Å². The molecule has 5 heteroatoms. The lowest BCUT2D eigenvalue weighted by molar-refractivity contribution is 0.00578. The predicted octanol–water partition coefficient (Wildman–Crippen LogP) is 2.81. The zero-order valence-electron chi connectivity index (χ0n) is 9.33. The summed E-state index contributed by atoms with van der Waals surface area (Å²) in [6.07, 6.45) is 0. The zero-order valence-corrected chi connectivity index (χ0v) is 11.7. The lowest BCUT2D eigenvalue weighted by Crippen LogP contribution is -2.41. The largest absolute Gasteiger partial charge is 0.505 e. The van der Waals surface area contributed by atoms with Gasteiger partial charge in [-0.2, -0.15) is 11.3 Å². The molecule has 2 heterocycles. The van der Waals surface area contributed by atoms with Gasteiger partial charge in [-0.15, -0.1) is 0 Å². The van der Waals surface area contributed by atoms with Crippen molar-refractivity contribution in [1.29, 1.82) is 0 Å². The first-order valence-electron chi connectivity index (χ1n) is 4.91. The molecule has 1 aromatic heterocycles. The van der Waals surface area contributed by atoms with Crippen molar-refractivity contribution >= 4 is 39.2 Å². The van der Waals surface area contributed by atoms with Crippen LogP contribution in [0.5, 0.6) is 0 Å². The summed E-state index contributed by atoms with van der Waals surface area (Å²) < 4.78 is 14.1. The third-order valence-corrected chi connectivity index (χ3v) is 4.79. The molecule has 0 amide bonds. The minimum atomic E-state index is -0.256. The van der Waals surface area contributed by atoms with Gasteiger partial charge in [-0.1, -0.05) is 0 Å². The molecule has 1 aliphatic rings. The summed E-state index contributed by atoms with van der Waals surface area (Å²) >= 11 is 5.09. The summed E-state index contributed by atoms with van der Waals surface area (Å²) in [6.45, 7) is 8.26. The van der Waals surface area contributed by atoms with Gasteiger partial charge in [0.1, 0.15) is 0 Å². The first-order valence-corrected chi connectivity index (χ1v) is 6.59. The zero-order chi connectivity index (χ0) is 11.3. The van der Waals surface area contributed by atoms with Gasteiger partial charge in [0.2, 0.25) is 0 Å². The number of hydrogen-bond acceptors (Lipinski definition) is 3. The van der Waals surface area contributed by atoms with Crippen LogP contribution in [0.4, 0.5) is 0 Å². The Bertz CT molecular complexity index is 359. The van der Waals surface area contributed by atoms with Crippen LogP contribution in [0.2, 0.25) is 0 Å². The normalized spacial score (nSPS) is 23.4. The molecule has 0 aromatic carbocycles. The molecule has 0 atom stereocenters. The molecule has 2 rings (SSSR count). The minimum absolute atomic E-state index is 0.230. The standard InChI is InChI=1S/C10H14BBrO2S/c1-9(2)10(3,4)14-11(13-9)8-5-7(12)6-15-8/h5-6H,1-4H3. The van der Waals surface area contributed by atoms with Gasteiger partial charge in [0, 0.05) is 14.6 Å². The quantitative estimate of drug-likeness (QED) is 0.740. The molecule has 1 fully saturated rings. The Balaban J connectivity index is 2.23. The van der Waals surface area contributed by atoms with Gasteiger partial charge < -0.3 is 9.31 Å². The molecule has 15 heavy (non-hydrogen) atoms. The van der Waals surface area contributed by atoms with Crippen molar-refractivity contribution in [2.75, 3.05) is 0 Å². The lowest BCUT2D eigenvalue weighted by atomic mass is 9.88. The number of rotatable bonds is 1. The molecule has 0 radical (unpaired) electrons. The Hall–Kier alpha value is 0.165. The molecule has 0 unspecified atom stereocenters. The molecule has 82 valence electrons.